The number of benzene rings is 1. The van der Waals surface area contributed by atoms with E-state index in [0.717, 1.165) is 12.8 Å². The highest BCUT2D eigenvalue weighted by atomic mass is 19.1. The summed E-state index contributed by atoms with van der Waals surface area (Å²) in [5, 5.41) is 0. The standard InChI is InChI=1S/C14H22FNO/c1-4-5-10(2)9-17-12-6-7-13(11(3)16)14(15)8-12/h6-8,10-11H,4-5,9,16H2,1-3H3. The molecular formula is C14H22FNO. The fraction of sp³-hybridized carbons (Fsp3) is 0.571. The molecule has 3 heteroatoms. The first-order valence-corrected chi connectivity index (χ1v) is 6.22. The molecule has 0 saturated carbocycles. The zero-order valence-corrected chi connectivity index (χ0v) is 10.9. The van der Waals surface area contributed by atoms with Crippen LogP contribution < -0.4 is 10.5 Å². The maximum absolute atomic E-state index is 13.6. The number of hydrogen-bond acceptors (Lipinski definition) is 2. The number of ether oxygens (including phenoxy) is 1. The van der Waals surface area contributed by atoms with Gasteiger partial charge in [0.2, 0.25) is 0 Å². The van der Waals surface area contributed by atoms with Crippen molar-refractivity contribution in [3.05, 3.63) is 29.6 Å². The summed E-state index contributed by atoms with van der Waals surface area (Å²) in [5.41, 5.74) is 6.17. The van der Waals surface area contributed by atoms with Gasteiger partial charge in [-0.1, -0.05) is 26.3 Å². The second-order valence-corrected chi connectivity index (χ2v) is 4.68. The molecule has 1 aromatic rings. The molecule has 2 atom stereocenters. The topological polar surface area (TPSA) is 35.2 Å². The molecule has 0 fully saturated rings. The smallest absolute Gasteiger partial charge is 0.131 e. The molecule has 17 heavy (non-hydrogen) atoms. The molecule has 0 aromatic heterocycles. The van der Waals surface area contributed by atoms with Crippen LogP contribution in [0.2, 0.25) is 0 Å². The predicted molar refractivity (Wildman–Crippen MR) is 68.6 cm³/mol. The van der Waals surface area contributed by atoms with E-state index in [4.69, 9.17) is 10.5 Å². The molecule has 1 rings (SSSR count). The lowest BCUT2D eigenvalue weighted by atomic mass is 10.1. The Balaban J connectivity index is 2.58. The predicted octanol–water partition coefficient (Wildman–Crippen LogP) is 3.66. The normalized spacial score (nSPS) is 14.4. The fourth-order valence-corrected chi connectivity index (χ4v) is 1.78. The Morgan fingerprint density at radius 1 is 1.35 bits per heavy atom. The van der Waals surface area contributed by atoms with Crippen molar-refractivity contribution in [2.24, 2.45) is 11.7 Å². The van der Waals surface area contributed by atoms with E-state index in [2.05, 4.69) is 13.8 Å². The van der Waals surface area contributed by atoms with Gasteiger partial charge in [0.25, 0.3) is 0 Å². The van der Waals surface area contributed by atoms with Gasteiger partial charge in [-0.05, 0) is 25.3 Å². The highest BCUT2D eigenvalue weighted by molar-refractivity contribution is 5.30. The molecule has 0 amide bonds. The van der Waals surface area contributed by atoms with Gasteiger partial charge in [-0.25, -0.2) is 4.39 Å². The Bertz CT molecular complexity index is 352. The quantitative estimate of drug-likeness (QED) is 0.822. The molecule has 2 unspecified atom stereocenters. The summed E-state index contributed by atoms with van der Waals surface area (Å²) in [6.45, 7) is 6.68. The SMILES string of the molecule is CCCC(C)COc1ccc(C(C)N)c(F)c1. The van der Waals surface area contributed by atoms with Crippen LogP contribution in [0.25, 0.3) is 0 Å². The molecule has 0 aliphatic heterocycles. The first-order chi connectivity index (χ1) is 8.04. The minimum atomic E-state index is -0.291. The largest absolute Gasteiger partial charge is 0.493 e. The summed E-state index contributed by atoms with van der Waals surface area (Å²) in [5.74, 6) is 0.784. The highest BCUT2D eigenvalue weighted by Gasteiger charge is 2.09. The zero-order valence-electron chi connectivity index (χ0n) is 10.9. The first kappa shape index (κ1) is 14.0. The second-order valence-electron chi connectivity index (χ2n) is 4.68. The molecule has 1 aromatic carbocycles. The molecule has 0 saturated heterocycles. The van der Waals surface area contributed by atoms with Crippen LogP contribution in [0.1, 0.15) is 45.2 Å². The molecule has 0 heterocycles. The third-order valence-electron chi connectivity index (χ3n) is 2.78. The average Bonchev–Trinajstić information content (AvgIpc) is 2.26. The first-order valence-electron chi connectivity index (χ1n) is 6.22. The van der Waals surface area contributed by atoms with Crippen molar-refractivity contribution in [2.75, 3.05) is 6.61 Å². The van der Waals surface area contributed by atoms with E-state index in [-0.39, 0.29) is 11.9 Å². The van der Waals surface area contributed by atoms with Crippen LogP contribution >= 0.6 is 0 Å². The van der Waals surface area contributed by atoms with Crippen LogP contribution in [0.3, 0.4) is 0 Å². The van der Waals surface area contributed by atoms with Crippen molar-refractivity contribution in [1.82, 2.24) is 0 Å². The highest BCUT2D eigenvalue weighted by Crippen LogP contribution is 2.21. The Hall–Kier alpha value is -1.09. The van der Waals surface area contributed by atoms with E-state index in [1.165, 1.54) is 6.07 Å². The van der Waals surface area contributed by atoms with Gasteiger partial charge in [0.05, 0.1) is 6.61 Å². The third-order valence-corrected chi connectivity index (χ3v) is 2.78. The van der Waals surface area contributed by atoms with E-state index >= 15 is 0 Å². The summed E-state index contributed by atoms with van der Waals surface area (Å²) in [7, 11) is 0. The maximum atomic E-state index is 13.6. The maximum Gasteiger partial charge on any atom is 0.131 e. The van der Waals surface area contributed by atoms with Gasteiger partial charge in [-0.15, -0.1) is 0 Å². The van der Waals surface area contributed by atoms with Gasteiger partial charge in [0.1, 0.15) is 11.6 Å². The second kappa shape index (κ2) is 6.60. The number of hydrogen-bond donors (Lipinski definition) is 1. The van der Waals surface area contributed by atoms with Crippen LogP contribution in [0.15, 0.2) is 18.2 Å². The fourth-order valence-electron chi connectivity index (χ4n) is 1.78. The average molecular weight is 239 g/mol. The van der Waals surface area contributed by atoms with E-state index in [1.807, 2.05) is 0 Å². The molecule has 0 bridgehead atoms. The monoisotopic (exact) mass is 239 g/mol. The molecule has 2 N–H and O–H groups in total. The van der Waals surface area contributed by atoms with Crippen molar-refractivity contribution >= 4 is 0 Å². The molecular weight excluding hydrogens is 217 g/mol. The molecule has 0 spiro atoms. The Kier molecular flexibility index (Phi) is 5.42. The van der Waals surface area contributed by atoms with Gasteiger partial charge in [0.15, 0.2) is 0 Å². The van der Waals surface area contributed by atoms with Crippen molar-refractivity contribution in [3.63, 3.8) is 0 Å². The minimum absolute atomic E-state index is 0.289. The number of nitrogens with two attached hydrogens (primary N) is 1. The van der Waals surface area contributed by atoms with E-state index < -0.39 is 0 Å². The molecule has 0 aliphatic rings. The molecule has 96 valence electrons. The van der Waals surface area contributed by atoms with E-state index in [1.54, 1.807) is 19.1 Å². The van der Waals surface area contributed by atoms with Gasteiger partial charge < -0.3 is 10.5 Å². The number of halogens is 1. The number of rotatable bonds is 6. The summed E-state index contributed by atoms with van der Waals surface area (Å²) in [6, 6.07) is 4.60. The molecule has 2 nitrogen and oxygen atoms in total. The Morgan fingerprint density at radius 2 is 2.06 bits per heavy atom. The van der Waals surface area contributed by atoms with Crippen LogP contribution in [0.5, 0.6) is 5.75 Å². The van der Waals surface area contributed by atoms with E-state index in [0.29, 0.717) is 23.8 Å². The van der Waals surface area contributed by atoms with Crippen LogP contribution in [0, 0.1) is 11.7 Å². The van der Waals surface area contributed by atoms with Crippen LogP contribution in [-0.4, -0.2) is 6.61 Å². The van der Waals surface area contributed by atoms with Crippen LogP contribution in [0.4, 0.5) is 4.39 Å². The van der Waals surface area contributed by atoms with Gasteiger partial charge in [0, 0.05) is 17.7 Å². The lowest BCUT2D eigenvalue weighted by Crippen LogP contribution is -2.10. The summed E-state index contributed by atoms with van der Waals surface area (Å²) in [6.07, 6.45) is 2.27. The molecule has 0 radical (unpaired) electrons. The minimum Gasteiger partial charge on any atom is -0.493 e. The van der Waals surface area contributed by atoms with Crippen molar-refractivity contribution in [2.45, 2.75) is 39.7 Å². The third kappa shape index (κ3) is 4.35. The van der Waals surface area contributed by atoms with E-state index in [9.17, 15) is 4.39 Å². The summed E-state index contributed by atoms with van der Waals surface area (Å²) >= 11 is 0. The van der Waals surface area contributed by atoms with Gasteiger partial charge >= 0.3 is 0 Å². The lowest BCUT2D eigenvalue weighted by Gasteiger charge is -2.13. The van der Waals surface area contributed by atoms with Crippen molar-refractivity contribution in [1.29, 1.82) is 0 Å². The van der Waals surface area contributed by atoms with Crippen molar-refractivity contribution < 1.29 is 9.13 Å². The summed E-state index contributed by atoms with van der Waals surface area (Å²) in [4.78, 5) is 0. The molecule has 0 aliphatic carbocycles. The van der Waals surface area contributed by atoms with Gasteiger partial charge in [-0.3, -0.25) is 0 Å². The van der Waals surface area contributed by atoms with Crippen LogP contribution in [-0.2, 0) is 0 Å². The Morgan fingerprint density at radius 3 is 2.59 bits per heavy atom. The zero-order chi connectivity index (χ0) is 12.8. The van der Waals surface area contributed by atoms with Gasteiger partial charge in [-0.2, -0.15) is 0 Å². The summed E-state index contributed by atoms with van der Waals surface area (Å²) < 4.78 is 19.2. The Labute approximate surface area is 103 Å². The lowest BCUT2D eigenvalue weighted by molar-refractivity contribution is 0.250. The van der Waals surface area contributed by atoms with Crippen molar-refractivity contribution in [3.8, 4) is 5.75 Å².